The number of aryl methyl sites for hydroxylation is 1. The Morgan fingerprint density at radius 3 is 2.94 bits per heavy atom. The van der Waals surface area contributed by atoms with Gasteiger partial charge in [-0.3, -0.25) is 9.48 Å². The molecule has 1 amide bonds. The van der Waals surface area contributed by atoms with Crippen LogP contribution in [0.25, 0.3) is 0 Å². The van der Waals surface area contributed by atoms with Crippen LogP contribution in [0.1, 0.15) is 29.4 Å². The number of carbonyl (C=O) groups is 1. The van der Waals surface area contributed by atoms with Crippen LogP contribution in [0.4, 0.5) is 0 Å². The van der Waals surface area contributed by atoms with E-state index in [4.69, 9.17) is 5.73 Å². The molecule has 0 bridgehead atoms. The van der Waals surface area contributed by atoms with Gasteiger partial charge in [0.15, 0.2) is 0 Å². The van der Waals surface area contributed by atoms with Crippen molar-refractivity contribution in [1.29, 1.82) is 0 Å². The third-order valence-corrected chi connectivity index (χ3v) is 3.75. The molecule has 5 nitrogen and oxygen atoms in total. The maximum Gasteiger partial charge on any atom is 0.242 e. The van der Waals surface area contributed by atoms with Crippen molar-refractivity contribution >= 4 is 17.2 Å². The summed E-state index contributed by atoms with van der Waals surface area (Å²) in [4.78, 5) is 13.1. The third-order valence-electron chi connectivity index (χ3n) is 2.70. The van der Waals surface area contributed by atoms with Gasteiger partial charge in [-0.25, -0.2) is 0 Å². The van der Waals surface area contributed by atoms with E-state index in [-0.39, 0.29) is 11.9 Å². The smallest absolute Gasteiger partial charge is 0.242 e. The summed E-state index contributed by atoms with van der Waals surface area (Å²) < 4.78 is 1.63. The third kappa shape index (κ3) is 2.77. The Kier molecular flexibility index (Phi) is 3.78. The number of hydrogen-bond acceptors (Lipinski definition) is 4. The second-order valence-corrected chi connectivity index (χ2v) is 5.15. The Morgan fingerprint density at radius 1 is 1.61 bits per heavy atom. The number of hydrogen-bond donors (Lipinski definition) is 2. The number of thiophene rings is 1. The minimum Gasteiger partial charge on any atom is -0.347 e. The normalized spacial score (nSPS) is 14.2. The Hall–Kier alpha value is -1.66. The summed E-state index contributed by atoms with van der Waals surface area (Å²) >= 11 is 1.61. The largest absolute Gasteiger partial charge is 0.347 e. The van der Waals surface area contributed by atoms with Crippen molar-refractivity contribution in [2.24, 2.45) is 12.8 Å². The van der Waals surface area contributed by atoms with E-state index in [2.05, 4.69) is 10.4 Å². The van der Waals surface area contributed by atoms with Gasteiger partial charge in [0, 0.05) is 23.7 Å². The molecule has 0 aliphatic carbocycles. The molecule has 0 aromatic carbocycles. The van der Waals surface area contributed by atoms with Crippen molar-refractivity contribution in [3.8, 4) is 0 Å². The lowest BCUT2D eigenvalue weighted by atomic mass is 10.1. The first-order chi connectivity index (χ1) is 8.58. The fraction of sp³-hybridized carbons (Fsp3) is 0.333. The fourth-order valence-electron chi connectivity index (χ4n) is 1.66. The average molecular weight is 264 g/mol. The topological polar surface area (TPSA) is 72.9 Å². The maximum absolute atomic E-state index is 12.0. The summed E-state index contributed by atoms with van der Waals surface area (Å²) in [5.74, 6) is -0.191. The quantitative estimate of drug-likeness (QED) is 0.875. The molecule has 96 valence electrons. The summed E-state index contributed by atoms with van der Waals surface area (Å²) in [5, 5.41) is 8.89. The number of amides is 1. The van der Waals surface area contributed by atoms with E-state index in [1.54, 1.807) is 35.5 Å². The highest BCUT2D eigenvalue weighted by Crippen LogP contribution is 2.19. The zero-order valence-electron chi connectivity index (χ0n) is 10.3. The van der Waals surface area contributed by atoms with Gasteiger partial charge >= 0.3 is 0 Å². The van der Waals surface area contributed by atoms with E-state index in [0.717, 1.165) is 4.88 Å². The first kappa shape index (κ1) is 12.8. The highest BCUT2D eigenvalue weighted by atomic mass is 32.1. The fourth-order valence-corrected chi connectivity index (χ4v) is 2.40. The molecule has 2 heterocycles. The van der Waals surface area contributed by atoms with Crippen molar-refractivity contribution < 1.29 is 4.79 Å². The first-order valence-electron chi connectivity index (χ1n) is 5.66. The number of rotatable bonds is 4. The van der Waals surface area contributed by atoms with Gasteiger partial charge in [-0.2, -0.15) is 5.10 Å². The van der Waals surface area contributed by atoms with Gasteiger partial charge in [0.2, 0.25) is 5.91 Å². The van der Waals surface area contributed by atoms with E-state index < -0.39 is 6.04 Å². The second kappa shape index (κ2) is 5.32. The molecular weight excluding hydrogens is 248 g/mol. The molecule has 0 spiro atoms. The summed E-state index contributed by atoms with van der Waals surface area (Å²) in [6, 6.07) is 3.25. The van der Waals surface area contributed by atoms with E-state index in [1.807, 2.05) is 24.4 Å². The molecule has 0 saturated carbocycles. The van der Waals surface area contributed by atoms with Crippen molar-refractivity contribution in [1.82, 2.24) is 15.1 Å². The number of nitrogens with one attached hydrogen (secondary N) is 1. The number of carbonyl (C=O) groups excluding carboxylic acids is 1. The molecule has 6 heteroatoms. The Balaban J connectivity index is 1.99. The average Bonchev–Trinajstić information content (AvgIpc) is 2.98. The highest BCUT2D eigenvalue weighted by Gasteiger charge is 2.19. The minimum absolute atomic E-state index is 0.0276. The first-order valence-corrected chi connectivity index (χ1v) is 6.54. The van der Waals surface area contributed by atoms with Gasteiger partial charge < -0.3 is 11.1 Å². The molecule has 0 fully saturated rings. The Morgan fingerprint density at radius 2 is 2.39 bits per heavy atom. The van der Waals surface area contributed by atoms with E-state index in [9.17, 15) is 4.79 Å². The molecule has 0 saturated heterocycles. The Bertz CT molecular complexity index is 520. The molecule has 2 aromatic rings. The van der Waals surface area contributed by atoms with Crippen LogP contribution >= 0.6 is 11.3 Å². The van der Waals surface area contributed by atoms with Crippen LogP contribution in [0.5, 0.6) is 0 Å². The minimum atomic E-state index is -0.680. The molecule has 0 aliphatic rings. The maximum atomic E-state index is 12.0. The predicted octanol–water partition coefficient (Wildman–Crippen LogP) is 1.36. The zero-order chi connectivity index (χ0) is 13.1. The van der Waals surface area contributed by atoms with Crippen LogP contribution in [-0.2, 0) is 11.8 Å². The van der Waals surface area contributed by atoms with Gasteiger partial charge in [0.25, 0.3) is 0 Å². The van der Waals surface area contributed by atoms with Crippen molar-refractivity contribution in [3.05, 3.63) is 40.3 Å². The molecule has 0 aliphatic heterocycles. The predicted molar refractivity (Wildman–Crippen MR) is 71.0 cm³/mol. The standard InChI is InChI=1S/C12H16N4OS/c1-8(10-4-3-5-18-10)15-12(17)11(13)9-6-14-16(2)7-9/h3-8,11H,13H2,1-2H3,(H,15,17)/t8-,11?/m0/s1. The van der Waals surface area contributed by atoms with Gasteiger partial charge in [-0.05, 0) is 18.4 Å². The molecule has 3 N–H and O–H groups in total. The lowest BCUT2D eigenvalue weighted by Gasteiger charge is -2.15. The molecular formula is C12H16N4OS. The van der Waals surface area contributed by atoms with E-state index in [1.165, 1.54) is 0 Å². The van der Waals surface area contributed by atoms with Crippen LogP contribution in [0.3, 0.4) is 0 Å². The lowest BCUT2D eigenvalue weighted by Crippen LogP contribution is -2.35. The van der Waals surface area contributed by atoms with Crippen LogP contribution in [0, 0.1) is 0 Å². The van der Waals surface area contributed by atoms with Crippen LogP contribution < -0.4 is 11.1 Å². The number of nitrogens with zero attached hydrogens (tertiary/aromatic N) is 2. The van der Waals surface area contributed by atoms with E-state index >= 15 is 0 Å². The number of nitrogens with two attached hydrogens (primary N) is 1. The molecule has 2 rings (SSSR count). The second-order valence-electron chi connectivity index (χ2n) is 4.17. The Labute approximate surface area is 110 Å². The molecule has 2 aromatic heterocycles. The van der Waals surface area contributed by atoms with Crippen LogP contribution in [0.15, 0.2) is 29.9 Å². The van der Waals surface area contributed by atoms with Crippen LogP contribution in [-0.4, -0.2) is 15.7 Å². The SMILES string of the molecule is C[C@H](NC(=O)C(N)c1cnn(C)c1)c1cccs1. The summed E-state index contributed by atoms with van der Waals surface area (Å²) in [6.07, 6.45) is 3.36. The summed E-state index contributed by atoms with van der Waals surface area (Å²) in [5.41, 5.74) is 6.61. The molecule has 1 unspecified atom stereocenters. The molecule has 2 atom stereocenters. The van der Waals surface area contributed by atoms with E-state index in [0.29, 0.717) is 5.56 Å². The summed E-state index contributed by atoms with van der Waals surface area (Å²) in [7, 11) is 1.79. The van der Waals surface area contributed by atoms with Gasteiger partial charge in [-0.15, -0.1) is 11.3 Å². The lowest BCUT2D eigenvalue weighted by molar-refractivity contribution is -0.123. The number of aromatic nitrogens is 2. The highest BCUT2D eigenvalue weighted by molar-refractivity contribution is 7.10. The summed E-state index contributed by atoms with van der Waals surface area (Å²) in [6.45, 7) is 1.94. The van der Waals surface area contributed by atoms with Gasteiger partial charge in [-0.1, -0.05) is 6.07 Å². The molecule has 18 heavy (non-hydrogen) atoms. The molecule has 0 radical (unpaired) electrons. The van der Waals surface area contributed by atoms with Crippen molar-refractivity contribution in [2.45, 2.75) is 19.0 Å². The van der Waals surface area contributed by atoms with Crippen molar-refractivity contribution in [2.75, 3.05) is 0 Å². The van der Waals surface area contributed by atoms with Gasteiger partial charge in [0.05, 0.1) is 12.2 Å². The van der Waals surface area contributed by atoms with Gasteiger partial charge in [0.1, 0.15) is 6.04 Å². The van der Waals surface area contributed by atoms with Crippen LogP contribution in [0.2, 0.25) is 0 Å². The zero-order valence-corrected chi connectivity index (χ0v) is 11.1. The monoisotopic (exact) mass is 264 g/mol. The van der Waals surface area contributed by atoms with Crippen molar-refractivity contribution in [3.63, 3.8) is 0 Å².